The van der Waals surface area contributed by atoms with Crippen molar-refractivity contribution in [2.45, 2.75) is 18.8 Å². The summed E-state index contributed by atoms with van der Waals surface area (Å²) in [6.07, 6.45) is 0.638. The number of nitrogens with one attached hydrogen (secondary N) is 1. The van der Waals surface area contributed by atoms with Gasteiger partial charge < -0.3 is 10.4 Å². The van der Waals surface area contributed by atoms with Crippen molar-refractivity contribution in [1.82, 2.24) is 0 Å². The lowest BCUT2D eigenvalue weighted by molar-refractivity contribution is -0.143. The van der Waals surface area contributed by atoms with E-state index >= 15 is 0 Å². The normalized spacial score (nSPS) is 24.9. The molecule has 1 atom stereocenters. The second kappa shape index (κ2) is 3.01. The van der Waals surface area contributed by atoms with Gasteiger partial charge in [0.25, 0.3) is 0 Å². The Morgan fingerprint density at radius 1 is 1.50 bits per heavy atom. The van der Waals surface area contributed by atoms with Crippen molar-refractivity contribution in [2.24, 2.45) is 0 Å². The zero-order valence-electron chi connectivity index (χ0n) is 8.08. The average molecular weight is 191 g/mol. The van der Waals surface area contributed by atoms with E-state index in [1.165, 1.54) is 0 Å². The van der Waals surface area contributed by atoms with Crippen LogP contribution in [0.15, 0.2) is 24.3 Å². The number of rotatable bonds is 1. The van der Waals surface area contributed by atoms with Crippen molar-refractivity contribution in [1.29, 1.82) is 0 Å². The van der Waals surface area contributed by atoms with Crippen LogP contribution < -0.4 is 5.32 Å². The van der Waals surface area contributed by atoms with Crippen LogP contribution in [0, 0.1) is 0 Å². The van der Waals surface area contributed by atoms with Crippen LogP contribution in [0.4, 0.5) is 5.69 Å². The predicted octanol–water partition coefficient (Wildman–Crippen LogP) is 1.84. The van der Waals surface area contributed by atoms with Crippen LogP contribution in [-0.2, 0) is 10.2 Å². The fraction of sp³-hybridized carbons (Fsp3) is 0.364. The summed E-state index contributed by atoms with van der Waals surface area (Å²) in [6.45, 7) is 2.51. The highest BCUT2D eigenvalue weighted by Crippen LogP contribution is 2.36. The number of aliphatic carboxylic acids is 1. The van der Waals surface area contributed by atoms with Gasteiger partial charge in [-0.25, -0.2) is 0 Å². The van der Waals surface area contributed by atoms with Crippen molar-refractivity contribution < 1.29 is 9.90 Å². The Hall–Kier alpha value is -1.51. The lowest BCUT2D eigenvalue weighted by Gasteiger charge is -2.32. The second-order valence-corrected chi connectivity index (χ2v) is 3.86. The Morgan fingerprint density at radius 2 is 2.21 bits per heavy atom. The van der Waals surface area contributed by atoms with Gasteiger partial charge >= 0.3 is 5.97 Å². The maximum absolute atomic E-state index is 11.2. The Labute approximate surface area is 82.8 Å². The zero-order chi connectivity index (χ0) is 10.2. The molecule has 1 aromatic rings. The first-order valence-corrected chi connectivity index (χ1v) is 4.71. The summed E-state index contributed by atoms with van der Waals surface area (Å²) in [5, 5.41) is 12.4. The monoisotopic (exact) mass is 191 g/mol. The van der Waals surface area contributed by atoms with E-state index in [1.807, 2.05) is 24.3 Å². The zero-order valence-corrected chi connectivity index (χ0v) is 8.08. The molecule has 2 N–H and O–H groups in total. The Morgan fingerprint density at radius 3 is 2.93 bits per heavy atom. The molecule has 1 aliphatic rings. The number of carbonyl (C=O) groups is 1. The van der Waals surface area contributed by atoms with E-state index in [0.717, 1.165) is 17.8 Å². The number of benzene rings is 1. The van der Waals surface area contributed by atoms with Gasteiger partial charge in [0.1, 0.15) is 0 Å². The Balaban J connectivity index is 2.55. The molecule has 2 rings (SSSR count). The minimum Gasteiger partial charge on any atom is -0.481 e. The van der Waals surface area contributed by atoms with Crippen molar-refractivity contribution in [3.63, 3.8) is 0 Å². The first kappa shape index (κ1) is 9.06. The van der Waals surface area contributed by atoms with Gasteiger partial charge in [-0.15, -0.1) is 0 Å². The molecule has 0 saturated heterocycles. The van der Waals surface area contributed by atoms with Crippen LogP contribution in [0.25, 0.3) is 0 Å². The van der Waals surface area contributed by atoms with Crippen molar-refractivity contribution in [3.05, 3.63) is 29.8 Å². The lowest BCUT2D eigenvalue weighted by atomic mass is 9.76. The number of carboxylic acids is 1. The first-order valence-electron chi connectivity index (χ1n) is 4.71. The third-order valence-electron chi connectivity index (χ3n) is 2.93. The van der Waals surface area contributed by atoms with Gasteiger partial charge in [-0.2, -0.15) is 0 Å². The van der Waals surface area contributed by atoms with Crippen LogP contribution in [0.1, 0.15) is 18.9 Å². The standard InChI is InChI=1S/C11H13NO2/c1-11(10(13)14)6-7-12-9-5-3-2-4-8(9)11/h2-5,12H,6-7H2,1H3,(H,13,14). The number of anilines is 1. The van der Waals surface area contributed by atoms with Crippen LogP contribution in [-0.4, -0.2) is 17.6 Å². The van der Waals surface area contributed by atoms with Gasteiger partial charge in [-0.1, -0.05) is 18.2 Å². The number of para-hydroxylation sites is 1. The topological polar surface area (TPSA) is 49.3 Å². The maximum atomic E-state index is 11.2. The molecule has 3 nitrogen and oxygen atoms in total. The molecule has 0 radical (unpaired) electrons. The highest BCUT2D eigenvalue weighted by molar-refractivity contribution is 5.84. The summed E-state index contributed by atoms with van der Waals surface area (Å²) in [5.74, 6) is -0.744. The van der Waals surface area contributed by atoms with Crippen LogP contribution in [0.3, 0.4) is 0 Å². The minimum atomic E-state index is -0.744. The highest BCUT2D eigenvalue weighted by Gasteiger charge is 2.38. The smallest absolute Gasteiger partial charge is 0.313 e. The fourth-order valence-corrected chi connectivity index (χ4v) is 1.92. The van der Waals surface area contributed by atoms with Crippen LogP contribution in [0.2, 0.25) is 0 Å². The van der Waals surface area contributed by atoms with Gasteiger partial charge in [-0.3, -0.25) is 4.79 Å². The minimum absolute atomic E-state index is 0.638. The van der Waals surface area contributed by atoms with E-state index in [4.69, 9.17) is 0 Å². The molecule has 1 aromatic carbocycles. The molecular formula is C11H13NO2. The van der Waals surface area contributed by atoms with Gasteiger partial charge in [0.2, 0.25) is 0 Å². The number of hydrogen-bond donors (Lipinski definition) is 2. The molecule has 1 aliphatic heterocycles. The summed E-state index contributed by atoms with van der Waals surface area (Å²) in [7, 11) is 0. The Bertz CT molecular complexity index is 375. The molecule has 0 aromatic heterocycles. The van der Waals surface area contributed by atoms with E-state index in [0.29, 0.717) is 6.42 Å². The molecule has 0 aliphatic carbocycles. The third-order valence-corrected chi connectivity index (χ3v) is 2.93. The first-order chi connectivity index (χ1) is 6.64. The average Bonchev–Trinajstić information content (AvgIpc) is 2.18. The largest absolute Gasteiger partial charge is 0.481 e. The van der Waals surface area contributed by atoms with E-state index in [-0.39, 0.29) is 0 Å². The lowest BCUT2D eigenvalue weighted by Crippen LogP contribution is -2.38. The molecule has 14 heavy (non-hydrogen) atoms. The Kier molecular flexibility index (Phi) is 1.95. The highest BCUT2D eigenvalue weighted by atomic mass is 16.4. The molecule has 74 valence electrons. The molecule has 0 saturated carbocycles. The molecule has 1 heterocycles. The van der Waals surface area contributed by atoms with Gasteiger partial charge in [0, 0.05) is 12.2 Å². The van der Waals surface area contributed by atoms with Crippen LogP contribution in [0.5, 0.6) is 0 Å². The molecule has 0 spiro atoms. The molecular weight excluding hydrogens is 178 g/mol. The van der Waals surface area contributed by atoms with Crippen LogP contribution >= 0.6 is 0 Å². The fourth-order valence-electron chi connectivity index (χ4n) is 1.92. The molecule has 0 bridgehead atoms. The second-order valence-electron chi connectivity index (χ2n) is 3.86. The quantitative estimate of drug-likeness (QED) is 0.712. The summed E-state index contributed by atoms with van der Waals surface area (Å²) < 4.78 is 0. The van der Waals surface area contributed by atoms with E-state index in [9.17, 15) is 9.90 Å². The SMILES string of the molecule is CC1(C(=O)O)CCNc2ccccc21. The van der Waals surface area contributed by atoms with Crippen molar-refractivity contribution in [2.75, 3.05) is 11.9 Å². The third kappa shape index (κ3) is 1.16. The van der Waals surface area contributed by atoms with E-state index in [2.05, 4.69) is 5.32 Å². The van der Waals surface area contributed by atoms with Gasteiger partial charge in [0.05, 0.1) is 5.41 Å². The number of carboxylic acid groups (broad SMARTS) is 1. The van der Waals surface area contributed by atoms with E-state index < -0.39 is 11.4 Å². The molecule has 0 fully saturated rings. The maximum Gasteiger partial charge on any atom is 0.313 e. The number of fused-ring (bicyclic) bond motifs is 1. The van der Waals surface area contributed by atoms with Crippen molar-refractivity contribution >= 4 is 11.7 Å². The van der Waals surface area contributed by atoms with Gasteiger partial charge in [0.15, 0.2) is 0 Å². The van der Waals surface area contributed by atoms with Gasteiger partial charge in [-0.05, 0) is 25.0 Å². The number of hydrogen-bond acceptors (Lipinski definition) is 2. The summed E-state index contributed by atoms with van der Waals surface area (Å²) in [6, 6.07) is 7.61. The molecule has 0 amide bonds. The predicted molar refractivity (Wildman–Crippen MR) is 54.5 cm³/mol. The molecule has 1 unspecified atom stereocenters. The summed E-state index contributed by atoms with van der Waals surface area (Å²) >= 11 is 0. The van der Waals surface area contributed by atoms with E-state index in [1.54, 1.807) is 6.92 Å². The molecule has 3 heteroatoms. The summed E-state index contributed by atoms with van der Waals surface area (Å²) in [4.78, 5) is 11.2. The summed E-state index contributed by atoms with van der Waals surface area (Å²) in [5.41, 5.74) is 1.10. The van der Waals surface area contributed by atoms with Crippen molar-refractivity contribution in [3.8, 4) is 0 Å².